The lowest BCUT2D eigenvalue weighted by Gasteiger charge is -2.32. The largest absolute Gasteiger partial charge is 0.342 e. The van der Waals surface area contributed by atoms with Crippen LogP contribution >= 0.6 is 0 Å². The third kappa shape index (κ3) is 3.74. The van der Waals surface area contributed by atoms with E-state index in [9.17, 15) is 13.6 Å². The molecule has 27 heavy (non-hydrogen) atoms. The van der Waals surface area contributed by atoms with Crippen molar-refractivity contribution in [1.29, 1.82) is 0 Å². The van der Waals surface area contributed by atoms with Crippen molar-refractivity contribution in [3.63, 3.8) is 0 Å². The summed E-state index contributed by atoms with van der Waals surface area (Å²) in [6, 6.07) is 11.9. The summed E-state index contributed by atoms with van der Waals surface area (Å²) in [6.07, 6.45) is 3.55. The highest BCUT2D eigenvalue weighted by molar-refractivity contribution is 5.94. The number of imidazole rings is 1. The molecule has 2 heterocycles. The fourth-order valence-corrected chi connectivity index (χ4v) is 3.48. The quantitative estimate of drug-likeness (QED) is 0.747. The van der Waals surface area contributed by atoms with Crippen LogP contribution in [0.2, 0.25) is 0 Å². The molecule has 1 N–H and O–H groups in total. The number of carbonyl (C=O) groups excluding carboxylic acids is 1. The highest BCUT2D eigenvalue weighted by atomic mass is 19.1. The maximum Gasteiger partial charge on any atom is 0.253 e. The van der Waals surface area contributed by atoms with Gasteiger partial charge < -0.3 is 9.88 Å². The Morgan fingerprint density at radius 3 is 2.41 bits per heavy atom. The molecule has 2 aromatic carbocycles. The van der Waals surface area contributed by atoms with Gasteiger partial charge >= 0.3 is 0 Å². The fraction of sp³-hybridized carbons (Fsp3) is 0.238. The Labute approximate surface area is 155 Å². The number of halogens is 2. The van der Waals surface area contributed by atoms with E-state index < -0.39 is 0 Å². The number of benzene rings is 2. The summed E-state index contributed by atoms with van der Waals surface area (Å²) in [7, 11) is 0. The number of hydrogen-bond donors (Lipinski definition) is 1. The standard InChI is InChI=1S/C21H19F2N3O/c22-17-7-3-14(4-8-17)19-12-24-20(25-19)16-2-1-11-26(13-16)21(27)15-5-9-18(23)10-6-15/h3-10,12,16H,1-2,11,13H2,(H,24,25). The Hall–Kier alpha value is -3.02. The van der Waals surface area contributed by atoms with E-state index >= 15 is 0 Å². The van der Waals surface area contributed by atoms with Gasteiger partial charge in [-0.15, -0.1) is 0 Å². The number of aromatic amines is 1. The van der Waals surface area contributed by atoms with Crippen LogP contribution in [0.5, 0.6) is 0 Å². The van der Waals surface area contributed by atoms with E-state index in [1.165, 1.54) is 36.4 Å². The molecule has 138 valence electrons. The van der Waals surface area contributed by atoms with Gasteiger partial charge in [0.05, 0.1) is 11.9 Å². The Kier molecular flexibility index (Phi) is 4.71. The van der Waals surface area contributed by atoms with Crippen LogP contribution in [0.3, 0.4) is 0 Å². The maximum absolute atomic E-state index is 13.1. The van der Waals surface area contributed by atoms with Crippen molar-refractivity contribution < 1.29 is 13.6 Å². The lowest BCUT2D eigenvalue weighted by molar-refractivity contribution is 0.0705. The van der Waals surface area contributed by atoms with Crippen molar-refractivity contribution in [1.82, 2.24) is 14.9 Å². The van der Waals surface area contributed by atoms with Crippen molar-refractivity contribution in [2.45, 2.75) is 18.8 Å². The molecular formula is C21H19F2N3O. The van der Waals surface area contributed by atoms with E-state index in [0.717, 1.165) is 29.9 Å². The third-order valence-corrected chi connectivity index (χ3v) is 4.94. The van der Waals surface area contributed by atoms with E-state index in [-0.39, 0.29) is 23.5 Å². The van der Waals surface area contributed by atoms with E-state index in [1.807, 2.05) is 0 Å². The number of piperidine rings is 1. The average molecular weight is 367 g/mol. The zero-order valence-electron chi connectivity index (χ0n) is 14.7. The van der Waals surface area contributed by atoms with Crippen LogP contribution in [0.4, 0.5) is 8.78 Å². The average Bonchev–Trinajstić information content (AvgIpc) is 3.19. The smallest absolute Gasteiger partial charge is 0.253 e. The van der Waals surface area contributed by atoms with Gasteiger partial charge in [-0.25, -0.2) is 13.8 Å². The first kappa shape index (κ1) is 17.4. The van der Waals surface area contributed by atoms with E-state index in [4.69, 9.17) is 0 Å². The van der Waals surface area contributed by atoms with E-state index in [1.54, 1.807) is 23.2 Å². The van der Waals surface area contributed by atoms with Crippen LogP contribution in [-0.2, 0) is 0 Å². The van der Waals surface area contributed by atoms with E-state index in [2.05, 4.69) is 9.97 Å². The van der Waals surface area contributed by atoms with Crippen molar-refractivity contribution in [2.75, 3.05) is 13.1 Å². The van der Waals surface area contributed by atoms with Crippen LogP contribution in [0, 0.1) is 11.6 Å². The van der Waals surface area contributed by atoms with Gasteiger partial charge in [-0.2, -0.15) is 0 Å². The summed E-state index contributed by atoms with van der Waals surface area (Å²) < 4.78 is 26.2. The number of H-pyrrole nitrogens is 1. The molecule has 1 fully saturated rings. The van der Waals surface area contributed by atoms with Crippen LogP contribution in [-0.4, -0.2) is 33.9 Å². The van der Waals surface area contributed by atoms with Gasteiger partial charge in [0.15, 0.2) is 0 Å². The number of likely N-dealkylation sites (tertiary alicyclic amines) is 1. The normalized spacial score (nSPS) is 17.1. The lowest BCUT2D eigenvalue weighted by Crippen LogP contribution is -2.39. The molecule has 1 aromatic heterocycles. The number of rotatable bonds is 3. The predicted octanol–water partition coefficient (Wildman–Crippen LogP) is 4.37. The Bertz CT molecular complexity index is 935. The topological polar surface area (TPSA) is 49.0 Å². The van der Waals surface area contributed by atoms with Crippen LogP contribution in [0.15, 0.2) is 54.7 Å². The van der Waals surface area contributed by atoms with Gasteiger partial charge in [-0.1, -0.05) is 0 Å². The van der Waals surface area contributed by atoms with Gasteiger partial charge in [0.2, 0.25) is 0 Å². The predicted molar refractivity (Wildman–Crippen MR) is 98.3 cm³/mol. The summed E-state index contributed by atoms with van der Waals surface area (Å²) in [4.78, 5) is 22.3. The van der Waals surface area contributed by atoms with Crippen molar-refractivity contribution in [3.05, 3.63) is 77.8 Å². The molecule has 0 aliphatic carbocycles. The molecule has 4 rings (SSSR count). The SMILES string of the molecule is O=C(c1ccc(F)cc1)N1CCCC(c2ncc(-c3ccc(F)cc3)[nH]2)C1. The molecule has 1 aliphatic heterocycles. The maximum atomic E-state index is 13.1. The van der Waals surface area contributed by atoms with Crippen molar-refractivity contribution in [2.24, 2.45) is 0 Å². The second-order valence-electron chi connectivity index (χ2n) is 6.79. The zero-order chi connectivity index (χ0) is 18.8. The first-order valence-corrected chi connectivity index (χ1v) is 8.96. The molecule has 0 saturated carbocycles. The Morgan fingerprint density at radius 2 is 1.70 bits per heavy atom. The fourth-order valence-electron chi connectivity index (χ4n) is 3.48. The second-order valence-corrected chi connectivity index (χ2v) is 6.79. The lowest BCUT2D eigenvalue weighted by atomic mass is 9.96. The Morgan fingerprint density at radius 1 is 1.04 bits per heavy atom. The summed E-state index contributed by atoms with van der Waals surface area (Å²) in [6.45, 7) is 1.24. The van der Waals surface area contributed by atoms with Crippen molar-refractivity contribution in [3.8, 4) is 11.3 Å². The summed E-state index contributed by atoms with van der Waals surface area (Å²) in [5, 5.41) is 0. The molecule has 3 aromatic rings. The monoisotopic (exact) mass is 367 g/mol. The number of carbonyl (C=O) groups is 1. The first-order valence-electron chi connectivity index (χ1n) is 8.96. The second kappa shape index (κ2) is 7.31. The molecule has 1 atom stereocenters. The molecule has 1 saturated heterocycles. The zero-order valence-corrected chi connectivity index (χ0v) is 14.7. The number of amides is 1. The minimum atomic E-state index is -0.355. The summed E-state index contributed by atoms with van der Waals surface area (Å²) in [5.74, 6) is 0.209. The molecule has 1 amide bonds. The van der Waals surface area contributed by atoms with Crippen molar-refractivity contribution >= 4 is 5.91 Å². The van der Waals surface area contributed by atoms with Crippen LogP contribution < -0.4 is 0 Å². The van der Waals surface area contributed by atoms with Gasteiger partial charge in [-0.05, 0) is 66.9 Å². The highest BCUT2D eigenvalue weighted by Crippen LogP contribution is 2.28. The molecule has 6 heteroatoms. The number of aromatic nitrogens is 2. The van der Waals surface area contributed by atoms with E-state index in [0.29, 0.717) is 18.7 Å². The molecule has 1 unspecified atom stereocenters. The summed E-state index contributed by atoms with van der Waals surface area (Å²) >= 11 is 0. The molecule has 0 spiro atoms. The molecular weight excluding hydrogens is 348 g/mol. The number of nitrogens with zero attached hydrogens (tertiary/aromatic N) is 2. The van der Waals surface area contributed by atoms with Gasteiger partial charge in [0.1, 0.15) is 17.5 Å². The van der Waals surface area contributed by atoms with Crippen LogP contribution in [0.25, 0.3) is 11.3 Å². The molecule has 1 aliphatic rings. The first-order chi connectivity index (χ1) is 13.1. The number of hydrogen-bond acceptors (Lipinski definition) is 2. The Balaban J connectivity index is 1.49. The minimum absolute atomic E-state index is 0.0926. The molecule has 0 bridgehead atoms. The van der Waals surface area contributed by atoms with Gasteiger partial charge in [0.25, 0.3) is 5.91 Å². The van der Waals surface area contributed by atoms with Gasteiger partial charge in [0, 0.05) is 24.6 Å². The number of nitrogens with one attached hydrogen (secondary N) is 1. The highest BCUT2D eigenvalue weighted by Gasteiger charge is 2.27. The minimum Gasteiger partial charge on any atom is -0.342 e. The summed E-state index contributed by atoms with van der Waals surface area (Å²) in [5.41, 5.74) is 2.18. The molecule has 4 nitrogen and oxygen atoms in total. The van der Waals surface area contributed by atoms with Gasteiger partial charge in [-0.3, -0.25) is 4.79 Å². The van der Waals surface area contributed by atoms with Crippen LogP contribution in [0.1, 0.15) is 34.9 Å². The molecule has 0 radical (unpaired) electrons. The third-order valence-electron chi connectivity index (χ3n) is 4.94.